The molecule has 1 heterocycles. The van der Waals surface area contributed by atoms with E-state index in [1.54, 1.807) is 0 Å². The average molecular weight is 392 g/mol. The van der Waals surface area contributed by atoms with Gasteiger partial charge >= 0.3 is 0 Å². The van der Waals surface area contributed by atoms with Crippen LogP contribution in [0.15, 0.2) is 78.0 Å². The number of para-hydroxylation sites is 1. The Balaban J connectivity index is 1.46. The highest BCUT2D eigenvalue weighted by molar-refractivity contribution is 5.79. The van der Waals surface area contributed by atoms with Crippen molar-refractivity contribution < 1.29 is 4.74 Å². The Labute approximate surface area is 172 Å². The number of ether oxygens (including phenoxy) is 1. The highest BCUT2D eigenvalue weighted by atomic mass is 16.5. The molecule has 152 valence electrons. The second-order valence-corrected chi connectivity index (χ2v) is 6.56. The largest absolute Gasteiger partial charge is 0.492 e. The number of imidazole rings is 1. The Morgan fingerprint density at radius 3 is 2.55 bits per heavy atom. The molecule has 3 rings (SSSR count). The Morgan fingerprint density at radius 2 is 1.79 bits per heavy atom. The molecular weight excluding hydrogens is 362 g/mol. The van der Waals surface area contributed by atoms with E-state index >= 15 is 0 Å². The van der Waals surface area contributed by atoms with Crippen molar-refractivity contribution >= 4 is 5.96 Å². The van der Waals surface area contributed by atoms with E-state index in [4.69, 9.17) is 4.74 Å². The third kappa shape index (κ3) is 6.99. The molecule has 0 unspecified atom stereocenters. The molecule has 2 N–H and O–H groups in total. The van der Waals surface area contributed by atoms with Crippen LogP contribution >= 0.6 is 0 Å². The van der Waals surface area contributed by atoms with E-state index in [9.17, 15) is 0 Å². The van der Waals surface area contributed by atoms with Crippen molar-refractivity contribution in [2.24, 2.45) is 4.99 Å². The number of hydrogen-bond acceptors (Lipinski definition) is 3. The summed E-state index contributed by atoms with van der Waals surface area (Å²) >= 11 is 0. The van der Waals surface area contributed by atoms with E-state index in [-0.39, 0.29) is 0 Å². The van der Waals surface area contributed by atoms with E-state index < -0.39 is 0 Å². The first kappa shape index (κ1) is 20.5. The average Bonchev–Trinajstić information content (AvgIpc) is 3.19. The lowest BCUT2D eigenvalue weighted by Gasteiger charge is -2.12. The topological polar surface area (TPSA) is 63.5 Å². The normalized spacial score (nSPS) is 11.3. The van der Waals surface area contributed by atoms with Gasteiger partial charge < -0.3 is 19.9 Å². The summed E-state index contributed by atoms with van der Waals surface area (Å²) in [5.41, 5.74) is 1.27. The summed E-state index contributed by atoms with van der Waals surface area (Å²) in [7, 11) is 0. The molecule has 0 amide bonds. The van der Waals surface area contributed by atoms with Crippen LogP contribution in [0.5, 0.6) is 5.75 Å². The molecule has 0 saturated heterocycles. The summed E-state index contributed by atoms with van der Waals surface area (Å²) in [6.45, 7) is 5.63. The predicted molar refractivity (Wildman–Crippen MR) is 117 cm³/mol. The quantitative estimate of drug-likeness (QED) is 0.317. The van der Waals surface area contributed by atoms with E-state index in [2.05, 4.69) is 56.4 Å². The number of hydrogen-bond donors (Lipinski definition) is 2. The van der Waals surface area contributed by atoms with Crippen LogP contribution in [0.3, 0.4) is 0 Å². The van der Waals surface area contributed by atoms with Gasteiger partial charge in [-0.3, -0.25) is 4.99 Å². The van der Waals surface area contributed by atoms with E-state index in [0.717, 1.165) is 37.0 Å². The number of nitrogens with one attached hydrogen (secondary N) is 2. The summed E-state index contributed by atoms with van der Waals surface area (Å²) < 4.78 is 7.89. The molecule has 0 spiro atoms. The van der Waals surface area contributed by atoms with Crippen LogP contribution in [0.2, 0.25) is 0 Å². The molecule has 0 fully saturated rings. The SMILES string of the molecule is CCNC(=NCCc1nccn1Cc1ccccc1)NCCOc1ccccc1. The smallest absolute Gasteiger partial charge is 0.191 e. The molecule has 29 heavy (non-hydrogen) atoms. The Morgan fingerprint density at radius 1 is 1.03 bits per heavy atom. The molecule has 0 aliphatic heterocycles. The van der Waals surface area contributed by atoms with Gasteiger partial charge in [0.25, 0.3) is 0 Å². The molecule has 1 aromatic heterocycles. The molecule has 0 radical (unpaired) electrons. The third-order valence-corrected chi connectivity index (χ3v) is 4.35. The van der Waals surface area contributed by atoms with Crippen molar-refractivity contribution in [3.05, 3.63) is 84.4 Å². The molecule has 0 saturated carbocycles. The van der Waals surface area contributed by atoms with Crippen LogP contribution in [0.1, 0.15) is 18.3 Å². The molecule has 3 aromatic rings. The van der Waals surface area contributed by atoms with Gasteiger partial charge in [0.15, 0.2) is 5.96 Å². The second-order valence-electron chi connectivity index (χ2n) is 6.56. The Kier molecular flexibility index (Phi) is 8.14. The van der Waals surface area contributed by atoms with Gasteiger partial charge in [-0.2, -0.15) is 0 Å². The maximum absolute atomic E-state index is 5.71. The Bertz CT molecular complexity index is 861. The number of guanidine groups is 1. The first-order valence-electron chi connectivity index (χ1n) is 10.1. The van der Waals surface area contributed by atoms with Gasteiger partial charge in [-0.1, -0.05) is 48.5 Å². The molecule has 0 aliphatic rings. The monoisotopic (exact) mass is 391 g/mol. The first-order chi connectivity index (χ1) is 14.3. The summed E-state index contributed by atoms with van der Waals surface area (Å²) in [6.07, 6.45) is 4.67. The van der Waals surface area contributed by atoms with Gasteiger partial charge in [-0.15, -0.1) is 0 Å². The Hall–Kier alpha value is -3.28. The lowest BCUT2D eigenvalue weighted by atomic mass is 10.2. The molecule has 2 aromatic carbocycles. The summed E-state index contributed by atoms with van der Waals surface area (Å²) in [6, 6.07) is 20.2. The van der Waals surface area contributed by atoms with E-state index in [0.29, 0.717) is 19.7 Å². The zero-order chi connectivity index (χ0) is 20.2. The number of benzene rings is 2. The molecule has 0 atom stereocenters. The van der Waals surface area contributed by atoms with Crippen molar-refractivity contribution in [1.82, 2.24) is 20.2 Å². The fraction of sp³-hybridized carbons (Fsp3) is 0.304. The van der Waals surface area contributed by atoms with Gasteiger partial charge in [0, 0.05) is 38.4 Å². The predicted octanol–water partition coefficient (Wildman–Crippen LogP) is 3.11. The van der Waals surface area contributed by atoms with Gasteiger partial charge in [-0.25, -0.2) is 4.98 Å². The van der Waals surface area contributed by atoms with Crippen LogP contribution in [0.25, 0.3) is 0 Å². The van der Waals surface area contributed by atoms with Gasteiger partial charge in [0.2, 0.25) is 0 Å². The number of nitrogens with zero attached hydrogens (tertiary/aromatic N) is 3. The first-order valence-corrected chi connectivity index (χ1v) is 10.1. The fourth-order valence-electron chi connectivity index (χ4n) is 2.96. The van der Waals surface area contributed by atoms with Crippen molar-refractivity contribution in [2.75, 3.05) is 26.2 Å². The lowest BCUT2D eigenvalue weighted by Crippen LogP contribution is -2.39. The van der Waals surface area contributed by atoms with Gasteiger partial charge in [0.05, 0.1) is 6.54 Å². The van der Waals surface area contributed by atoms with Crippen molar-refractivity contribution in [1.29, 1.82) is 0 Å². The van der Waals surface area contributed by atoms with Crippen molar-refractivity contribution in [3.63, 3.8) is 0 Å². The second kappa shape index (κ2) is 11.5. The van der Waals surface area contributed by atoms with Crippen LogP contribution in [0, 0.1) is 0 Å². The fourth-order valence-corrected chi connectivity index (χ4v) is 2.96. The summed E-state index contributed by atoms with van der Waals surface area (Å²) in [4.78, 5) is 9.16. The molecule has 6 heteroatoms. The minimum Gasteiger partial charge on any atom is -0.492 e. The minimum absolute atomic E-state index is 0.579. The molecule has 0 bridgehead atoms. The van der Waals surface area contributed by atoms with Crippen LogP contribution in [0.4, 0.5) is 0 Å². The summed E-state index contributed by atoms with van der Waals surface area (Å²) in [5.74, 6) is 2.72. The highest BCUT2D eigenvalue weighted by Crippen LogP contribution is 2.07. The third-order valence-electron chi connectivity index (χ3n) is 4.35. The van der Waals surface area contributed by atoms with Crippen molar-refractivity contribution in [3.8, 4) is 5.75 Å². The zero-order valence-corrected chi connectivity index (χ0v) is 16.9. The summed E-state index contributed by atoms with van der Waals surface area (Å²) in [5, 5.41) is 6.58. The molecule has 0 aliphatic carbocycles. The number of aromatic nitrogens is 2. The maximum Gasteiger partial charge on any atom is 0.191 e. The molecular formula is C23H29N5O. The highest BCUT2D eigenvalue weighted by Gasteiger charge is 2.04. The number of rotatable bonds is 10. The van der Waals surface area contributed by atoms with Gasteiger partial charge in [0.1, 0.15) is 18.2 Å². The van der Waals surface area contributed by atoms with E-state index in [1.807, 2.05) is 48.8 Å². The standard InChI is InChI=1S/C23H29N5O/c1-2-24-23(27-16-18-29-21-11-7-4-8-12-21)26-14-13-22-25-15-17-28(22)19-20-9-5-3-6-10-20/h3-12,15,17H,2,13-14,16,18-19H2,1H3,(H2,24,26,27). The van der Waals surface area contributed by atoms with E-state index in [1.165, 1.54) is 5.56 Å². The maximum atomic E-state index is 5.71. The minimum atomic E-state index is 0.579. The zero-order valence-electron chi connectivity index (χ0n) is 16.9. The van der Waals surface area contributed by atoms with Crippen LogP contribution < -0.4 is 15.4 Å². The number of aliphatic imine (C=N–C) groups is 1. The van der Waals surface area contributed by atoms with Crippen LogP contribution in [-0.4, -0.2) is 41.8 Å². The molecule has 6 nitrogen and oxygen atoms in total. The van der Waals surface area contributed by atoms with Crippen molar-refractivity contribution in [2.45, 2.75) is 19.9 Å². The lowest BCUT2D eigenvalue weighted by molar-refractivity contribution is 0.322. The van der Waals surface area contributed by atoms with Crippen LogP contribution in [-0.2, 0) is 13.0 Å². The van der Waals surface area contributed by atoms with Gasteiger partial charge in [-0.05, 0) is 24.6 Å².